The molecule has 28 heavy (non-hydrogen) atoms. The summed E-state index contributed by atoms with van der Waals surface area (Å²) < 4.78 is 5.94. The van der Waals surface area contributed by atoms with Crippen molar-refractivity contribution in [3.8, 4) is 0 Å². The van der Waals surface area contributed by atoms with Crippen molar-refractivity contribution in [2.45, 2.75) is 18.9 Å². The summed E-state index contributed by atoms with van der Waals surface area (Å²) >= 11 is 0. The Bertz CT molecular complexity index is 912. The average molecular weight is 372 g/mol. The molecule has 1 aliphatic heterocycles. The van der Waals surface area contributed by atoms with Gasteiger partial charge in [-0.2, -0.15) is 0 Å². The van der Waals surface area contributed by atoms with Crippen LogP contribution in [0.5, 0.6) is 0 Å². The summed E-state index contributed by atoms with van der Waals surface area (Å²) in [5, 5.41) is 0. The number of morpholine rings is 1. The molecular formula is C24H24N2O2. The Balaban J connectivity index is 1.43. The van der Waals surface area contributed by atoms with Gasteiger partial charge in [-0.3, -0.25) is 9.78 Å². The predicted octanol–water partition coefficient (Wildman–Crippen LogP) is 3.82. The van der Waals surface area contributed by atoms with Gasteiger partial charge in [-0.15, -0.1) is 0 Å². The molecule has 4 heteroatoms. The van der Waals surface area contributed by atoms with Crippen LogP contribution in [0.3, 0.4) is 0 Å². The lowest BCUT2D eigenvalue weighted by Gasteiger charge is -2.33. The van der Waals surface area contributed by atoms with Crippen LogP contribution in [0.4, 0.5) is 0 Å². The van der Waals surface area contributed by atoms with Crippen molar-refractivity contribution < 1.29 is 9.53 Å². The number of hydrogen-bond donors (Lipinski definition) is 0. The zero-order chi connectivity index (χ0) is 19.2. The third kappa shape index (κ3) is 4.65. The Kier molecular flexibility index (Phi) is 5.78. The molecule has 2 aromatic carbocycles. The first-order valence-corrected chi connectivity index (χ1v) is 9.71. The van der Waals surface area contributed by atoms with E-state index in [0.717, 1.165) is 23.4 Å². The molecule has 142 valence electrons. The third-order valence-corrected chi connectivity index (χ3v) is 5.00. The first kappa shape index (κ1) is 18.4. The molecular weight excluding hydrogens is 348 g/mol. The highest BCUT2D eigenvalue weighted by Crippen LogP contribution is 2.22. The van der Waals surface area contributed by atoms with Gasteiger partial charge in [0.1, 0.15) is 6.10 Å². The quantitative estimate of drug-likeness (QED) is 0.684. The number of aromatic nitrogens is 1. The molecule has 1 aromatic heterocycles. The average Bonchev–Trinajstić information content (AvgIpc) is 2.75. The standard InChI is InChI=1S/C24H24N2O2/c27-24(17-20-10-5-2-6-11-20)26-14-15-28-23(18-26)22-13-7-12-21(25-22)16-19-8-3-1-4-9-19/h1-13,23H,14-18H2/t23-/m0/s1. The fourth-order valence-electron chi connectivity index (χ4n) is 3.52. The molecule has 0 aliphatic carbocycles. The van der Waals surface area contributed by atoms with Crippen LogP contribution in [0.15, 0.2) is 78.9 Å². The smallest absolute Gasteiger partial charge is 0.227 e. The van der Waals surface area contributed by atoms with Gasteiger partial charge < -0.3 is 9.64 Å². The molecule has 0 N–H and O–H groups in total. The van der Waals surface area contributed by atoms with E-state index >= 15 is 0 Å². The molecule has 1 aliphatic rings. The highest BCUT2D eigenvalue weighted by Gasteiger charge is 2.26. The van der Waals surface area contributed by atoms with E-state index in [0.29, 0.717) is 26.1 Å². The molecule has 3 aromatic rings. The molecule has 2 heterocycles. The largest absolute Gasteiger partial charge is 0.368 e. The summed E-state index contributed by atoms with van der Waals surface area (Å²) in [6.07, 6.45) is 1.04. The van der Waals surface area contributed by atoms with Crippen LogP contribution in [0.1, 0.15) is 28.6 Å². The lowest BCUT2D eigenvalue weighted by Crippen LogP contribution is -2.43. The number of hydrogen-bond acceptors (Lipinski definition) is 3. The van der Waals surface area contributed by atoms with E-state index in [4.69, 9.17) is 9.72 Å². The van der Waals surface area contributed by atoms with Crippen LogP contribution >= 0.6 is 0 Å². The van der Waals surface area contributed by atoms with E-state index in [-0.39, 0.29) is 12.0 Å². The summed E-state index contributed by atoms with van der Waals surface area (Å²) in [6, 6.07) is 26.2. The van der Waals surface area contributed by atoms with Gasteiger partial charge in [0, 0.05) is 18.7 Å². The summed E-state index contributed by atoms with van der Waals surface area (Å²) in [4.78, 5) is 19.4. The maximum atomic E-state index is 12.7. The topological polar surface area (TPSA) is 42.4 Å². The minimum Gasteiger partial charge on any atom is -0.368 e. The van der Waals surface area contributed by atoms with Crippen LogP contribution < -0.4 is 0 Å². The Morgan fingerprint density at radius 3 is 2.39 bits per heavy atom. The van der Waals surface area contributed by atoms with E-state index in [2.05, 4.69) is 12.1 Å². The Morgan fingerprint density at radius 2 is 1.64 bits per heavy atom. The zero-order valence-corrected chi connectivity index (χ0v) is 15.8. The van der Waals surface area contributed by atoms with Gasteiger partial charge in [0.05, 0.1) is 25.3 Å². The second kappa shape index (κ2) is 8.81. The Labute approximate surface area is 165 Å². The summed E-state index contributed by atoms with van der Waals surface area (Å²) in [5.74, 6) is 0.139. The summed E-state index contributed by atoms with van der Waals surface area (Å²) in [7, 11) is 0. The second-order valence-electron chi connectivity index (χ2n) is 7.08. The lowest BCUT2D eigenvalue weighted by atomic mass is 10.1. The molecule has 0 radical (unpaired) electrons. The predicted molar refractivity (Wildman–Crippen MR) is 109 cm³/mol. The highest BCUT2D eigenvalue weighted by atomic mass is 16.5. The molecule has 1 atom stereocenters. The monoisotopic (exact) mass is 372 g/mol. The number of carbonyl (C=O) groups excluding carboxylic acids is 1. The number of nitrogens with zero attached hydrogens (tertiary/aromatic N) is 2. The van der Waals surface area contributed by atoms with Gasteiger partial charge in [0.25, 0.3) is 0 Å². The Hall–Kier alpha value is -2.98. The second-order valence-corrected chi connectivity index (χ2v) is 7.08. The molecule has 1 amide bonds. The number of pyridine rings is 1. The molecule has 0 spiro atoms. The SMILES string of the molecule is O=C(Cc1ccccc1)N1CCO[C@H](c2cccc(Cc3ccccc3)n2)C1. The Morgan fingerprint density at radius 1 is 0.929 bits per heavy atom. The number of rotatable bonds is 5. The van der Waals surface area contributed by atoms with Gasteiger partial charge in [0.15, 0.2) is 0 Å². The lowest BCUT2D eigenvalue weighted by molar-refractivity contribution is -0.138. The van der Waals surface area contributed by atoms with Crippen molar-refractivity contribution in [2.24, 2.45) is 0 Å². The fraction of sp³-hybridized carbons (Fsp3) is 0.250. The van der Waals surface area contributed by atoms with Gasteiger partial charge in [-0.05, 0) is 23.3 Å². The van der Waals surface area contributed by atoms with Crippen molar-refractivity contribution in [3.63, 3.8) is 0 Å². The number of ether oxygens (including phenoxy) is 1. The molecule has 0 unspecified atom stereocenters. The maximum Gasteiger partial charge on any atom is 0.227 e. The van der Waals surface area contributed by atoms with E-state index < -0.39 is 0 Å². The molecule has 1 fully saturated rings. The minimum absolute atomic E-state index is 0.139. The fourth-order valence-corrected chi connectivity index (χ4v) is 3.52. The molecule has 4 rings (SSSR count). The number of carbonyl (C=O) groups is 1. The number of benzene rings is 2. The van der Waals surface area contributed by atoms with Crippen LogP contribution in [0.2, 0.25) is 0 Å². The maximum absolute atomic E-state index is 12.7. The number of amides is 1. The van der Waals surface area contributed by atoms with Gasteiger partial charge in [-0.25, -0.2) is 0 Å². The van der Waals surface area contributed by atoms with Crippen LogP contribution in [-0.4, -0.2) is 35.5 Å². The summed E-state index contributed by atoms with van der Waals surface area (Å²) in [6.45, 7) is 1.72. The zero-order valence-electron chi connectivity index (χ0n) is 15.8. The van der Waals surface area contributed by atoms with Crippen molar-refractivity contribution in [1.29, 1.82) is 0 Å². The molecule has 0 bridgehead atoms. The first-order chi connectivity index (χ1) is 13.8. The first-order valence-electron chi connectivity index (χ1n) is 9.71. The van der Waals surface area contributed by atoms with Crippen molar-refractivity contribution in [3.05, 3.63) is 101 Å². The highest BCUT2D eigenvalue weighted by molar-refractivity contribution is 5.78. The van der Waals surface area contributed by atoms with Crippen molar-refractivity contribution in [2.75, 3.05) is 19.7 Å². The van der Waals surface area contributed by atoms with E-state index in [1.807, 2.05) is 71.6 Å². The van der Waals surface area contributed by atoms with E-state index in [1.54, 1.807) is 0 Å². The van der Waals surface area contributed by atoms with Crippen molar-refractivity contribution >= 4 is 5.91 Å². The summed E-state index contributed by atoms with van der Waals surface area (Å²) in [5.41, 5.74) is 4.18. The minimum atomic E-state index is -0.177. The molecule has 1 saturated heterocycles. The van der Waals surface area contributed by atoms with Gasteiger partial charge >= 0.3 is 0 Å². The molecule has 4 nitrogen and oxygen atoms in total. The third-order valence-electron chi connectivity index (χ3n) is 5.00. The van der Waals surface area contributed by atoms with Crippen LogP contribution in [0.25, 0.3) is 0 Å². The van der Waals surface area contributed by atoms with Crippen LogP contribution in [0, 0.1) is 0 Å². The van der Waals surface area contributed by atoms with Gasteiger partial charge in [0.2, 0.25) is 5.91 Å². The van der Waals surface area contributed by atoms with Crippen molar-refractivity contribution in [1.82, 2.24) is 9.88 Å². The molecule has 0 saturated carbocycles. The normalized spacial score (nSPS) is 16.7. The van der Waals surface area contributed by atoms with Gasteiger partial charge in [-0.1, -0.05) is 66.7 Å². The van der Waals surface area contributed by atoms with E-state index in [9.17, 15) is 4.79 Å². The van der Waals surface area contributed by atoms with Crippen LogP contribution in [-0.2, 0) is 22.4 Å². The van der Waals surface area contributed by atoms with E-state index in [1.165, 1.54) is 5.56 Å².